The average Bonchev–Trinajstić information content (AvgIpc) is 2.91. The third kappa shape index (κ3) is 6.95. The molecule has 0 aliphatic rings. The summed E-state index contributed by atoms with van der Waals surface area (Å²) in [6.07, 6.45) is 0.680. The van der Waals surface area contributed by atoms with Crippen LogP contribution in [0.1, 0.15) is 31.9 Å². The zero-order valence-corrected chi connectivity index (χ0v) is 22.6. The number of amides is 1. The molecule has 0 bridgehead atoms. The molecule has 8 nitrogen and oxygen atoms in total. The Bertz CT molecular complexity index is 1280. The van der Waals surface area contributed by atoms with E-state index < -0.39 is 22.5 Å². The van der Waals surface area contributed by atoms with Crippen molar-refractivity contribution in [3.63, 3.8) is 0 Å². The fourth-order valence-electron chi connectivity index (χ4n) is 3.97. The number of nitrogens with one attached hydrogen (secondary N) is 1. The number of carbonyl (C=O) groups is 1. The molecule has 0 aliphatic carbocycles. The molecule has 0 spiro atoms. The maximum absolute atomic E-state index is 13.7. The summed E-state index contributed by atoms with van der Waals surface area (Å²) in [4.78, 5) is 13.4. The van der Waals surface area contributed by atoms with E-state index in [0.717, 1.165) is 9.87 Å². The summed E-state index contributed by atoms with van der Waals surface area (Å²) in [6.45, 7) is 3.72. The molecule has 0 radical (unpaired) electrons. The van der Waals surface area contributed by atoms with Gasteiger partial charge >= 0.3 is 0 Å². The van der Waals surface area contributed by atoms with E-state index in [0.29, 0.717) is 29.6 Å². The molecule has 37 heavy (non-hydrogen) atoms. The van der Waals surface area contributed by atoms with Crippen molar-refractivity contribution in [2.45, 2.75) is 31.2 Å². The van der Waals surface area contributed by atoms with Gasteiger partial charge < -0.3 is 19.5 Å². The Morgan fingerprint density at radius 3 is 2.08 bits per heavy atom. The first-order valence-corrected chi connectivity index (χ1v) is 13.4. The maximum atomic E-state index is 13.7. The number of hydrogen-bond acceptors (Lipinski definition) is 6. The maximum Gasteiger partial charge on any atom is 0.264 e. The molecule has 1 amide bonds. The van der Waals surface area contributed by atoms with Gasteiger partial charge in [-0.05, 0) is 54.3 Å². The Balaban J connectivity index is 1.96. The van der Waals surface area contributed by atoms with E-state index in [2.05, 4.69) is 19.2 Å². The molecule has 0 saturated heterocycles. The van der Waals surface area contributed by atoms with Crippen LogP contribution in [0.15, 0.2) is 77.7 Å². The molecule has 0 fully saturated rings. The third-order valence-electron chi connectivity index (χ3n) is 5.83. The largest absolute Gasteiger partial charge is 0.497 e. The first-order chi connectivity index (χ1) is 17.7. The predicted octanol–water partition coefficient (Wildman–Crippen LogP) is 4.81. The van der Waals surface area contributed by atoms with Crippen molar-refractivity contribution in [2.24, 2.45) is 5.92 Å². The number of methoxy groups -OCH3 is 3. The van der Waals surface area contributed by atoms with Crippen LogP contribution in [0.5, 0.6) is 17.2 Å². The first-order valence-electron chi connectivity index (χ1n) is 11.9. The van der Waals surface area contributed by atoms with Crippen molar-refractivity contribution in [3.8, 4) is 17.2 Å². The number of nitrogens with zero attached hydrogens (tertiary/aromatic N) is 1. The summed E-state index contributed by atoms with van der Waals surface area (Å²) >= 11 is 0. The van der Waals surface area contributed by atoms with Crippen LogP contribution >= 0.6 is 0 Å². The summed E-state index contributed by atoms with van der Waals surface area (Å²) in [7, 11) is 0.494. The molecule has 0 heterocycles. The lowest BCUT2D eigenvalue weighted by molar-refractivity contribution is -0.120. The number of sulfonamides is 1. The molecule has 1 unspecified atom stereocenters. The standard InChI is InChI=1S/C28H34N2O6S/c1-20(2)17-25(21-11-14-23(34-3)15-12-21)29-28(31)19-30(37(32,33)24-9-7-6-8-10-24)22-13-16-26(35-4)27(18-22)36-5/h6-16,18,20,25H,17,19H2,1-5H3,(H,29,31). The lowest BCUT2D eigenvalue weighted by Crippen LogP contribution is -2.42. The van der Waals surface area contributed by atoms with Gasteiger partial charge in [-0.3, -0.25) is 9.10 Å². The monoisotopic (exact) mass is 526 g/mol. The average molecular weight is 527 g/mol. The van der Waals surface area contributed by atoms with Gasteiger partial charge in [0, 0.05) is 6.07 Å². The Kier molecular flexibility index (Phi) is 9.41. The zero-order valence-electron chi connectivity index (χ0n) is 21.8. The highest BCUT2D eigenvalue weighted by Crippen LogP contribution is 2.34. The number of carbonyl (C=O) groups excluding carboxylic acids is 1. The highest BCUT2D eigenvalue weighted by Gasteiger charge is 2.29. The zero-order chi connectivity index (χ0) is 27.0. The smallest absolute Gasteiger partial charge is 0.264 e. The highest BCUT2D eigenvalue weighted by atomic mass is 32.2. The van der Waals surface area contributed by atoms with Crippen molar-refractivity contribution < 1.29 is 27.4 Å². The van der Waals surface area contributed by atoms with Gasteiger partial charge in [0.2, 0.25) is 5.91 Å². The molecule has 0 aromatic heterocycles. The van der Waals surface area contributed by atoms with E-state index in [4.69, 9.17) is 14.2 Å². The topological polar surface area (TPSA) is 94.2 Å². The highest BCUT2D eigenvalue weighted by molar-refractivity contribution is 7.92. The van der Waals surface area contributed by atoms with E-state index in [1.807, 2.05) is 24.3 Å². The molecule has 9 heteroatoms. The lowest BCUT2D eigenvalue weighted by Gasteiger charge is -2.27. The van der Waals surface area contributed by atoms with Crippen LogP contribution in [-0.4, -0.2) is 42.2 Å². The minimum absolute atomic E-state index is 0.0754. The Hall–Kier alpha value is -3.72. The Morgan fingerprint density at radius 2 is 1.51 bits per heavy atom. The second kappa shape index (κ2) is 12.5. The number of hydrogen-bond donors (Lipinski definition) is 1. The molecule has 3 rings (SSSR count). The summed E-state index contributed by atoms with van der Waals surface area (Å²) in [6, 6.07) is 19.9. The molecule has 1 atom stereocenters. The van der Waals surface area contributed by atoms with Crippen LogP contribution in [0.3, 0.4) is 0 Å². The van der Waals surface area contributed by atoms with Crippen LogP contribution in [0.2, 0.25) is 0 Å². The van der Waals surface area contributed by atoms with Gasteiger partial charge in [-0.15, -0.1) is 0 Å². The molecule has 198 valence electrons. The van der Waals surface area contributed by atoms with Gasteiger partial charge in [0.15, 0.2) is 11.5 Å². The van der Waals surface area contributed by atoms with Gasteiger partial charge in [0.1, 0.15) is 12.3 Å². The van der Waals surface area contributed by atoms with Crippen molar-refractivity contribution in [1.29, 1.82) is 0 Å². The van der Waals surface area contributed by atoms with Crippen LogP contribution in [0.25, 0.3) is 0 Å². The van der Waals surface area contributed by atoms with Crippen molar-refractivity contribution in [1.82, 2.24) is 5.32 Å². The minimum atomic E-state index is -4.07. The molecular formula is C28H34N2O6S. The summed E-state index contributed by atoms with van der Waals surface area (Å²) in [5, 5.41) is 3.04. The normalized spacial score (nSPS) is 12.1. The number of rotatable bonds is 12. The van der Waals surface area contributed by atoms with Crippen LogP contribution in [-0.2, 0) is 14.8 Å². The Morgan fingerprint density at radius 1 is 0.865 bits per heavy atom. The molecule has 1 N–H and O–H groups in total. The van der Waals surface area contributed by atoms with Gasteiger partial charge in [-0.25, -0.2) is 8.42 Å². The van der Waals surface area contributed by atoms with E-state index in [-0.39, 0.29) is 16.6 Å². The van der Waals surface area contributed by atoms with E-state index in [9.17, 15) is 13.2 Å². The number of anilines is 1. The first kappa shape index (κ1) is 27.9. The van der Waals surface area contributed by atoms with Gasteiger partial charge in [0.25, 0.3) is 10.0 Å². The number of ether oxygens (including phenoxy) is 3. The lowest BCUT2D eigenvalue weighted by atomic mass is 9.97. The van der Waals surface area contributed by atoms with Crippen LogP contribution in [0, 0.1) is 5.92 Å². The third-order valence-corrected chi connectivity index (χ3v) is 7.62. The summed E-state index contributed by atoms with van der Waals surface area (Å²) in [5.41, 5.74) is 1.19. The molecule has 0 aliphatic heterocycles. The second-order valence-electron chi connectivity index (χ2n) is 8.89. The molecule has 3 aromatic carbocycles. The summed E-state index contributed by atoms with van der Waals surface area (Å²) in [5.74, 6) is 1.37. The second-order valence-corrected chi connectivity index (χ2v) is 10.7. The van der Waals surface area contributed by atoms with Crippen LogP contribution in [0.4, 0.5) is 5.69 Å². The number of benzene rings is 3. The van der Waals surface area contributed by atoms with Gasteiger partial charge in [-0.2, -0.15) is 0 Å². The van der Waals surface area contributed by atoms with E-state index in [1.165, 1.54) is 26.4 Å². The quantitative estimate of drug-likeness (QED) is 0.364. The van der Waals surface area contributed by atoms with Crippen molar-refractivity contribution in [2.75, 3.05) is 32.2 Å². The molecule has 3 aromatic rings. The molecular weight excluding hydrogens is 492 g/mol. The van der Waals surface area contributed by atoms with Crippen LogP contribution < -0.4 is 23.8 Å². The SMILES string of the molecule is COc1ccc(C(CC(C)C)NC(=O)CN(c2ccc(OC)c(OC)c2)S(=O)(=O)c2ccccc2)cc1. The fourth-order valence-corrected chi connectivity index (χ4v) is 5.41. The molecule has 0 saturated carbocycles. The fraction of sp³-hybridized carbons (Fsp3) is 0.321. The summed E-state index contributed by atoms with van der Waals surface area (Å²) < 4.78 is 44.4. The van der Waals surface area contributed by atoms with Crippen molar-refractivity contribution >= 4 is 21.6 Å². The Labute approximate surface area is 219 Å². The van der Waals surface area contributed by atoms with Crippen molar-refractivity contribution in [3.05, 3.63) is 78.4 Å². The van der Waals surface area contributed by atoms with E-state index >= 15 is 0 Å². The van der Waals surface area contributed by atoms with Gasteiger partial charge in [0.05, 0.1) is 38.0 Å². The van der Waals surface area contributed by atoms with Gasteiger partial charge in [-0.1, -0.05) is 44.2 Å². The minimum Gasteiger partial charge on any atom is -0.497 e. The predicted molar refractivity (Wildman–Crippen MR) is 144 cm³/mol. The van der Waals surface area contributed by atoms with E-state index in [1.54, 1.807) is 43.5 Å².